The Balaban J connectivity index is 1.40. The summed E-state index contributed by atoms with van der Waals surface area (Å²) >= 11 is 0. The molecule has 0 aliphatic carbocycles. The van der Waals surface area contributed by atoms with Gasteiger partial charge in [0.05, 0.1) is 38.2 Å². The summed E-state index contributed by atoms with van der Waals surface area (Å²) in [6, 6.07) is 8.83. The van der Waals surface area contributed by atoms with E-state index in [9.17, 15) is 18.7 Å². The molecule has 2 aliphatic heterocycles. The first kappa shape index (κ1) is 30.2. The standard InChI is InChI=1S/C30H37F2N7O4/c1-42-26-16-24-25(17-27(26)43-10-4-8-38-7-3-2-5-22(38)6-9-40)34-18-39(23-12-19(31)11-20(32)13-23)30(24)35-29-15-21(36-37-29)14-28(33)41/h11-13,15-17,22,34,40H,2-10,14,18H2,1H3,(H2,33,41)(H,36,37). The number of piperidine rings is 1. The number of aliphatic hydroxyl groups is 1. The molecule has 0 spiro atoms. The summed E-state index contributed by atoms with van der Waals surface area (Å²) in [6.45, 7) is 2.74. The molecule has 13 heteroatoms. The van der Waals surface area contributed by atoms with E-state index in [0.717, 1.165) is 38.4 Å². The molecule has 1 saturated heterocycles. The summed E-state index contributed by atoms with van der Waals surface area (Å²) in [6.07, 6.45) is 5.04. The minimum atomic E-state index is -0.725. The van der Waals surface area contributed by atoms with Gasteiger partial charge in [0.2, 0.25) is 5.91 Å². The van der Waals surface area contributed by atoms with Crippen LogP contribution in [0.1, 0.15) is 43.4 Å². The van der Waals surface area contributed by atoms with Gasteiger partial charge in [0, 0.05) is 48.6 Å². The molecule has 11 nitrogen and oxygen atoms in total. The van der Waals surface area contributed by atoms with Crippen molar-refractivity contribution in [1.29, 1.82) is 0 Å². The van der Waals surface area contributed by atoms with Gasteiger partial charge in [-0.1, -0.05) is 6.42 Å². The van der Waals surface area contributed by atoms with E-state index in [1.54, 1.807) is 24.1 Å². The predicted octanol–water partition coefficient (Wildman–Crippen LogP) is 3.70. The number of H-pyrrole nitrogens is 1. The molecule has 1 fully saturated rings. The fraction of sp³-hybridized carbons (Fsp3) is 0.433. The van der Waals surface area contributed by atoms with Crippen LogP contribution >= 0.6 is 0 Å². The third-order valence-corrected chi connectivity index (χ3v) is 7.65. The van der Waals surface area contributed by atoms with Crippen molar-refractivity contribution in [2.24, 2.45) is 10.7 Å². The lowest BCUT2D eigenvalue weighted by Gasteiger charge is -2.35. The molecular formula is C30H37F2N7O4. The summed E-state index contributed by atoms with van der Waals surface area (Å²) in [4.78, 5) is 20.1. The number of hydrogen-bond acceptors (Lipinski definition) is 8. The monoisotopic (exact) mass is 597 g/mol. The number of amides is 1. The number of hydrogen-bond donors (Lipinski definition) is 4. The number of primary amides is 1. The maximum atomic E-state index is 14.2. The Morgan fingerprint density at radius 3 is 2.72 bits per heavy atom. The maximum absolute atomic E-state index is 14.2. The molecule has 0 radical (unpaired) electrons. The molecule has 0 bridgehead atoms. The molecule has 2 aliphatic rings. The van der Waals surface area contributed by atoms with Crippen molar-refractivity contribution in [3.63, 3.8) is 0 Å². The lowest BCUT2D eigenvalue weighted by atomic mass is 9.99. The number of nitrogens with two attached hydrogens (primary N) is 1. The van der Waals surface area contributed by atoms with Crippen LogP contribution in [0.2, 0.25) is 0 Å². The van der Waals surface area contributed by atoms with E-state index in [-0.39, 0.29) is 31.2 Å². The number of aliphatic hydroxyl groups excluding tert-OH is 1. The summed E-state index contributed by atoms with van der Waals surface area (Å²) in [5.74, 6) is -0.335. The topological polar surface area (TPSA) is 141 Å². The number of rotatable bonds is 12. The fourth-order valence-electron chi connectivity index (χ4n) is 5.65. The highest BCUT2D eigenvalue weighted by Gasteiger charge is 2.28. The van der Waals surface area contributed by atoms with E-state index in [1.165, 1.54) is 25.0 Å². The number of amidine groups is 1. The highest BCUT2D eigenvalue weighted by atomic mass is 19.1. The summed E-state index contributed by atoms with van der Waals surface area (Å²) in [5, 5.41) is 19.6. The van der Waals surface area contributed by atoms with Crippen LogP contribution in [0, 0.1) is 11.6 Å². The third-order valence-electron chi connectivity index (χ3n) is 7.65. The van der Waals surface area contributed by atoms with Gasteiger partial charge in [0.15, 0.2) is 17.3 Å². The molecule has 3 aromatic rings. The number of nitrogens with one attached hydrogen (secondary N) is 2. The quantitative estimate of drug-likeness (QED) is 0.232. The first-order valence-corrected chi connectivity index (χ1v) is 14.4. The number of aliphatic imine (C=N–C) groups is 1. The minimum absolute atomic E-state index is 0.0385. The average molecular weight is 598 g/mol. The number of halogens is 2. The Morgan fingerprint density at radius 2 is 1.98 bits per heavy atom. The fourth-order valence-corrected chi connectivity index (χ4v) is 5.65. The SMILES string of the molecule is COc1cc2c(cc1OCCCN1CCCCC1CCO)NCN(c1cc(F)cc(F)c1)C2=Nc1cc(CC(N)=O)[nH]n1. The van der Waals surface area contributed by atoms with Crippen LogP contribution in [-0.4, -0.2) is 78.1 Å². The molecule has 43 heavy (non-hydrogen) atoms. The van der Waals surface area contributed by atoms with Crippen molar-refractivity contribution in [3.8, 4) is 11.5 Å². The largest absolute Gasteiger partial charge is 0.493 e. The number of aromatic nitrogens is 2. The number of benzene rings is 2. The number of fused-ring (bicyclic) bond motifs is 1. The summed E-state index contributed by atoms with van der Waals surface area (Å²) in [5.41, 5.74) is 7.33. The maximum Gasteiger partial charge on any atom is 0.223 e. The number of anilines is 2. The molecule has 1 atom stereocenters. The normalized spacial score (nSPS) is 17.9. The van der Waals surface area contributed by atoms with Crippen LogP contribution in [0.4, 0.5) is 26.0 Å². The van der Waals surface area contributed by atoms with Crippen LogP contribution in [0.5, 0.6) is 11.5 Å². The second-order valence-corrected chi connectivity index (χ2v) is 10.7. The van der Waals surface area contributed by atoms with Crippen molar-refractivity contribution in [3.05, 3.63) is 59.3 Å². The molecule has 1 unspecified atom stereocenters. The number of aromatic amines is 1. The van der Waals surface area contributed by atoms with Crippen LogP contribution in [0.15, 0.2) is 41.4 Å². The van der Waals surface area contributed by atoms with Crippen molar-refractivity contribution < 1.29 is 28.2 Å². The number of ether oxygens (including phenoxy) is 2. The number of carbonyl (C=O) groups is 1. The van der Waals surface area contributed by atoms with Gasteiger partial charge in [0.25, 0.3) is 0 Å². The molecule has 1 aromatic heterocycles. The Labute approximate surface area is 248 Å². The molecule has 1 amide bonds. The van der Waals surface area contributed by atoms with Gasteiger partial charge in [-0.15, -0.1) is 0 Å². The second kappa shape index (κ2) is 13.8. The van der Waals surface area contributed by atoms with Crippen molar-refractivity contribution >= 4 is 28.9 Å². The Kier molecular flexibility index (Phi) is 9.72. The Morgan fingerprint density at radius 1 is 1.16 bits per heavy atom. The predicted molar refractivity (Wildman–Crippen MR) is 159 cm³/mol. The van der Waals surface area contributed by atoms with Gasteiger partial charge < -0.3 is 35.4 Å². The van der Waals surface area contributed by atoms with Crippen LogP contribution in [0.3, 0.4) is 0 Å². The lowest BCUT2D eigenvalue weighted by molar-refractivity contribution is -0.117. The zero-order valence-corrected chi connectivity index (χ0v) is 24.1. The molecule has 3 heterocycles. The van der Waals surface area contributed by atoms with Gasteiger partial charge in [-0.05, 0) is 50.4 Å². The minimum Gasteiger partial charge on any atom is -0.493 e. The van der Waals surface area contributed by atoms with E-state index in [4.69, 9.17) is 20.2 Å². The van der Waals surface area contributed by atoms with Crippen LogP contribution < -0.4 is 25.4 Å². The van der Waals surface area contributed by atoms with Crippen LogP contribution in [-0.2, 0) is 11.2 Å². The first-order chi connectivity index (χ1) is 20.8. The average Bonchev–Trinajstić information content (AvgIpc) is 3.41. The molecule has 5 rings (SSSR count). The van der Waals surface area contributed by atoms with Crippen LogP contribution in [0.25, 0.3) is 0 Å². The van der Waals surface area contributed by atoms with Crippen molar-refractivity contribution in [2.75, 3.05) is 50.3 Å². The molecular weight excluding hydrogens is 560 g/mol. The van der Waals surface area contributed by atoms with E-state index in [0.29, 0.717) is 46.9 Å². The summed E-state index contributed by atoms with van der Waals surface area (Å²) in [7, 11) is 1.54. The van der Waals surface area contributed by atoms with Gasteiger partial charge in [0.1, 0.15) is 17.5 Å². The molecule has 5 N–H and O–H groups in total. The Hall–Kier alpha value is -4.23. The lowest BCUT2D eigenvalue weighted by Crippen LogP contribution is -2.41. The van der Waals surface area contributed by atoms with E-state index in [1.807, 2.05) is 6.07 Å². The Bertz CT molecular complexity index is 1440. The number of likely N-dealkylation sites (tertiary alicyclic amines) is 1. The zero-order chi connectivity index (χ0) is 30.3. The number of carbonyl (C=O) groups excluding carboxylic acids is 1. The molecule has 0 saturated carbocycles. The molecule has 2 aromatic carbocycles. The second-order valence-electron chi connectivity index (χ2n) is 10.7. The van der Waals surface area contributed by atoms with E-state index >= 15 is 0 Å². The van der Waals surface area contributed by atoms with Crippen molar-refractivity contribution in [2.45, 2.75) is 44.6 Å². The number of methoxy groups -OCH3 is 1. The van der Waals surface area contributed by atoms with E-state index < -0.39 is 17.5 Å². The highest BCUT2D eigenvalue weighted by molar-refractivity contribution is 6.16. The van der Waals surface area contributed by atoms with Crippen molar-refractivity contribution in [1.82, 2.24) is 15.1 Å². The molecule has 230 valence electrons. The third kappa shape index (κ3) is 7.41. The summed E-state index contributed by atoms with van der Waals surface area (Å²) < 4.78 is 40.3. The first-order valence-electron chi connectivity index (χ1n) is 14.4. The van der Waals surface area contributed by atoms with Gasteiger partial charge in [-0.3, -0.25) is 9.89 Å². The zero-order valence-electron chi connectivity index (χ0n) is 24.1. The van der Waals surface area contributed by atoms with Gasteiger partial charge in [-0.2, -0.15) is 5.10 Å². The number of nitrogens with zero attached hydrogens (tertiary/aromatic N) is 4. The highest BCUT2D eigenvalue weighted by Crippen LogP contribution is 2.38. The van der Waals surface area contributed by atoms with Gasteiger partial charge >= 0.3 is 0 Å². The van der Waals surface area contributed by atoms with Gasteiger partial charge in [-0.25, -0.2) is 13.8 Å². The smallest absolute Gasteiger partial charge is 0.223 e. The van der Waals surface area contributed by atoms with E-state index in [2.05, 4.69) is 20.4 Å².